The molecule has 102 valence electrons. The lowest BCUT2D eigenvalue weighted by Gasteiger charge is -2.26. The minimum atomic E-state index is -0.177. The van der Waals surface area contributed by atoms with E-state index < -0.39 is 0 Å². The van der Waals surface area contributed by atoms with Crippen molar-refractivity contribution in [1.82, 2.24) is 4.90 Å². The molecule has 0 radical (unpaired) electrons. The van der Waals surface area contributed by atoms with Gasteiger partial charge in [0.15, 0.2) is 0 Å². The second kappa shape index (κ2) is 5.73. The molecule has 0 bridgehead atoms. The van der Waals surface area contributed by atoms with Crippen molar-refractivity contribution < 1.29 is 9.59 Å². The highest BCUT2D eigenvalue weighted by Gasteiger charge is 2.20. The van der Waals surface area contributed by atoms with E-state index in [9.17, 15) is 9.59 Å². The highest BCUT2D eigenvalue weighted by Crippen LogP contribution is 2.20. The van der Waals surface area contributed by atoms with Crippen LogP contribution in [0.5, 0.6) is 0 Å². The number of nitrogens with two attached hydrogens (primary N) is 1. The van der Waals surface area contributed by atoms with Gasteiger partial charge >= 0.3 is 0 Å². The van der Waals surface area contributed by atoms with E-state index in [2.05, 4.69) is 5.32 Å². The van der Waals surface area contributed by atoms with Crippen LogP contribution in [0.2, 0.25) is 0 Å². The number of rotatable bonds is 3. The van der Waals surface area contributed by atoms with Gasteiger partial charge in [0.2, 0.25) is 11.8 Å². The van der Waals surface area contributed by atoms with Gasteiger partial charge in [-0.2, -0.15) is 0 Å². The molecule has 2 amide bonds. The number of nitrogens with zero attached hydrogens (tertiary/aromatic N) is 1. The molecule has 3 N–H and O–H groups in total. The lowest BCUT2D eigenvalue weighted by molar-refractivity contribution is -0.136. The lowest BCUT2D eigenvalue weighted by Crippen LogP contribution is -2.40. The van der Waals surface area contributed by atoms with Crippen molar-refractivity contribution in [2.24, 2.45) is 0 Å². The quantitative estimate of drug-likeness (QED) is 0.810. The number of carbonyl (C=O) groups excluding carboxylic acids is 2. The fraction of sp³-hybridized carbons (Fsp3) is 0.429. The normalized spacial score (nSPS) is 15.4. The molecule has 5 nitrogen and oxygen atoms in total. The molecular formula is C14H19N3O2. The zero-order valence-electron chi connectivity index (χ0n) is 11.1. The Labute approximate surface area is 112 Å². The summed E-state index contributed by atoms with van der Waals surface area (Å²) in [6.07, 6.45) is 2.44. The smallest absolute Gasteiger partial charge is 0.244 e. The van der Waals surface area contributed by atoms with E-state index in [0.717, 1.165) is 18.4 Å². The Bertz CT molecular complexity index is 499. The molecule has 0 aliphatic carbocycles. The Morgan fingerprint density at radius 3 is 2.95 bits per heavy atom. The first-order chi connectivity index (χ1) is 9.08. The average molecular weight is 261 g/mol. The van der Waals surface area contributed by atoms with Crippen molar-refractivity contribution in [3.8, 4) is 0 Å². The fourth-order valence-corrected chi connectivity index (χ4v) is 2.18. The molecule has 0 unspecified atom stereocenters. The number of hydrogen-bond donors (Lipinski definition) is 2. The van der Waals surface area contributed by atoms with Crippen LogP contribution in [0.3, 0.4) is 0 Å². The van der Waals surface area contributed by atoms with E-state index in [1.54, 1.807) is 17.0 Å². The summed E-state index contributed by atoms with van der Waals surface area (Å²) >= 11 is 0. The summed E-state index contributed by atoms with van der Waals surface area (Å²) in [5.41, 5.74) is 7.98. The largest absolute Gasteiger partial charge is 0.398 e. The monoisotopic (exact) mass is 261 g/mol. The SMILES string of the molecule is Cc1c(N)cccc1NC(=O)CN1CCCCC1=O. The van der Waals surface area contributed by atoms with Crippen LogP contribution in [0.1, 0.15) is 24.8 Å². The first-order valence-electron chi connectivity index (χ1n) is 6.50. The Kier molecular flexibility index (Phi) is 4.04. The summed E-state index contributed by atoms with van der Waals surface area (Å²) in [5, 5.41) is 2.81. The number of amides is 2. The van der Waals surface area contributed by atoms with Crippen molar-refractivity contribution in [2.45, 2.75) is 26.2 Å². The molecule has 0 saturated carbocycles. The molecule has 1 heterocycles. The zero-order valence-corrected chi connectivity index (χ0v) is 11.1. The van der Waals surface area contributed by atoms with Crippen molar-refractivity contribution >= 4 is 23.2 Å². The number of hydrogen-bond acceptors (Lipinski definition) is 3. The van der Waals surface area contributed by atoms with Gasteiger partial charge < -0.3 is 16.0 Å². The van der Waals surface area contributed by atoms with Crippen LogP contribution in [0.25, 0.3) is 0 Å². The van der Waals surface area contributed by atoms with E-state index in [0.29, 0.717) is 24.3 Å². The van der Waals surface area contributed by atoms with Gasteiger partial charge in [-0.3, -0.25) is 9.59 Å². The molecule has 0 atom stereocenters. The summed E-state index contributed by atoms with van der Waals surface area (Å²) in [5.74, 6) is -0.116. The maximum atomic E-state index is 11.9. The molecule has 1 aromatic rings. The summed E-state index contributed by atoms with van der Waals surface area (Å²) in [7, 11) is 0. The Morgan fingerprint density at radius 2 is 2.21 bits per heavy atom. The van der Waals surface area contributed by atoms with E-state index in [4.69, 9.17) is 5.73 Å². The lowest BCUT2D eigenvalue weighted by atomic mass is 10.1. The maximum Gasteiger partial charge on any atom is 0.244 e. The highest BCUT2D eigenvalue weighted by molar-refractivity contribution is 5.95. The van der Waals surface area contributed by atoms with E-state index >= 15 is 0 Å². The van der Waals surface area contributed by atoms with Crippen molar-refractivity contribution in [3.05, 3.63) is 23.8 Å². The van der Waals surface area contributed by atoms with Crippen LogP contribution in [0.4, 0.5) is 11.4 Å². The third kappa shape index (κ3) is 3.24. The molecule has 2 rings (SSSR count). The molecule has 1 aliphatic heterocycles. The predicted molar refractivity (Wildman–Crippen MR) is 74.7 cm³/mol. The van der Waals surface area contributed by atoms with Gasteiger partial charge in [0.25, 0.3) is 0 Å². The predicted octanol–water partition coefficient (Wildman–Crippen LogP) is 1.53. The molecule has 1 saturated heterocycles. The summed E-state index contributed by atoms with van der Waals surface area (Å²) in [4.78, 5) is 25.2. The summed E-state index contributed by atoms with van der Waals surface area (Å²) in [6, 6.07) is 5.39. The van der Waals surface area contributed by atoms with Crippen LogP contribution in [-0.4, -0.2) is 29.8 Å². The fourth-order valence-electron chi connectivity index (χ4n) is 2.18. The maximum absolute atomic E-state index is 11.9. The molecule has 1 fully saturated rings. The molecule has 5 heteroatoms. The number of benzene rings is 1. The Morgan fingerprint density at radius 1 is 1.42 bits per heavy atom. The van der Waals surface area contributed by atoms with E-state index in [1.165, 1.54) is 0 Å². The second-order valence-electron chi connectivity index (χ2n) is 4.84. The minimum Gasteiger partial charge on any atom is -0.398 e. The van der Waals surface area contributed by atoms with Gasteiger partial charge in [-0.1, -0.05) is 6.07 Å². The number of carbonyl (C=O) groups is 2. The molecule has 1 aliphatic rings. The third-order valence-corrected chi connectivity index (χ3v) is 3.41. The van der Waals surface area contributed by atoms with E-state index in [1.807, 2.05) is 13.0 Å². The number of likely N-dealkylation sites (tertiary alicyclic amines) is 1. The van der Waals surface area contributed by atoms with Gasteiger partial charge in [0.05, 0.1) is 6.54 Å². The molecule has 19 heavy (non-hydrogen) atoms. The number of anilines is 2. The molecule has 0 aromatic heterocycles. The van der Waals surface area contributed by atoms with Gasteiger partial charge in [0, 0.05) is 24.3 Å². The Hall–Kier alpha value is -2.04. The molecule has 1 aromatic carbocycles. The second-order valence-corrected chi connectivity index (χ2v) is 4.84. The third-order valence-electron chi connectivity index (χ3n) is 3.41. The average Bonchev–Trinajstić information content (AvgIpc) is 2.38. The van der Waals surface area contributed by atoms with Gasteiger partial charge in [-0.25, -0.2) is 0 Å². The van der Waals surface area contributed by atoms with Crippen molar-refractivity contribution in [3.63, 3.8) is 0 Å². The number of nitrogen functional groups attached to an aromatic ring is 1. The topological polar surface area (TPSA) is 75.4 Å². The first kappa shape index (κ1) is 13.4. The highest BCUT2D eigenvalue weighted by atomic mass is 16.2. The minimum absolute atomic E-state index is 0.0608. The number of nitrogens with one attached hydrogen (secondary N) is 1. The van der Waals surface area contributed by atoms with Crippen LogP contribution in [-0.2, 0) is 9.59 Å². The first-order valence-corrected chi connectivity index (χ1v) is 6.50. The molecule has 0 spiro atoms. The standard InChI is InChI=1S/C14H19N3O2/c1-10-11(15)5-4-6-12(10)16-13(18)9-17-8-3-2-7-14(17)19/h4-6H,2-3,7-9,15H2,1H3,(H,16,18). The summed E-state index contributed by atoms with van der Waals surface area (Å²) in [6.45, 7) is 2.65. The van der Waals surface area contributed by atoms with Crippen molar-refractivity contribution in [1.29, 1.82) is 0 Å². The van der Waals surface area contributed by atoms with Crippen LogP contribution >= 0.6 is 0 Å². The van der Waals surface area contributed by atoms with Gasteiger partial charge in [-0.05, 0) is 37.5 Å². The van der Waals surface area contributed by atoms with Crippen LogP contribution in [0, 0.1) is 6.92 Å². The van der Waals surface area contributed by atoms with Gasteiger partial charge in [0.1, 0.15) is 0 Å². The summed E-state index contributed by atoms with van der Waals surface area (Å²) < 4.78 is 0. The van der Waals surface area contributed by atoms with Crippen LogP contribution in [0.15, 0.2) is 18.2 Å². The van der Waals surface area contributed by atoms with Crippen LogP contribution < -0.4 is 11.1 Å². The zero-order chi connectivity index (χ0) is 13.8. The van der Waals surface area contributed by atoms with E-state index in [-0.39, 0.29) is 18.4 Å². The molecular weight excluding hydrogens is 242 g/mol. The van der Waals surface area contributed by atoms with Crippen molar-refractivity contribution in [2.75, 3.05) is 24.1 Å². The Balaban J connectivity index is 1.97. The number of piperidine rings is 1. The van der Waals surface area contributed by atoms with Gasteiger partial charge in [-0.15, -0.1) is 0 Å².